The molecule has 0 spiro atoms. The van der Waals surface area contributed by atoms with Crippen LogP contribution in [0, 0.1) is 12.8 Å². The minimum absolute atomic E-state index is 0.0507. The summed E-state index contributed by atoms with van der Waals surface area (Å²) in [5.74, 6) is -0.175. The van der Waals surface area contributed by atoms with Crippen molar-refractivity contribution in [3.05, 3.63) is 58.6 Å². The number of hydrogen-bond donors (Lipinski definition) is 1. The fourth-order valence-electron chi connectivity index (χ4n) is 3.38. The zero-order valence-electron chi connectivity index (χ0n) is 16.0. The normalized spacial score (nSPS) is 17.9. The van der Waals surface area contributed by atoms with E-state index < -0.39 is 0 Å². The average molecular weight is 385 g/mol. The smallest absolute Gasteiger partial charge is 0.229 e. The molecule has 1 heterocycles. The fourth-order valence-corrected chi connectivity index (χ4v) is 3.55. The third kappa shape index (κ3) is 4.16. The maximum absolute atomic E-state index is 12.8. The number of rotatable bonds is 5. The Balaban J connectivity index is 1.74. The van der Waals surface area contributed by atoms with Crippen molar-refractivity contribution in [3.63, 3.8) is 0 Å². The first-order valence-corrected chi connectivity index (χ1v) is 9.74. The highest BCUT2D eigenvalue weighted by Gasteiger charge is 2.35. The van der Waals surface area contributed by atoms with E-state index in [1.165, 1.54) is 0 Å². The van der Waals surface area contributed by atoms with Gasteiger partial charge in [-0.2, -0.15) is 0 Å². The summed E-state index contributed by atoms with van der Waals surface area (Å²) in [7, 11) is 0. The molecule has 1 saturated heterocycles. The summed E-state index contributed by atoms with van der Waals surface area (Å²) in [5.41, 5.74) is 3.66. The fraction of sp³-hybridized carbons (Fsp3) is 0.364. The van der Waals surface area contributed by atoms with Crippen LogP contribution < -0.4 is 10.2 Å². The molecule has 1 N–H and O–H groups in total. The van der Waals surface area contributed by atoms with E-state index in [4.69, 9.17) is 11.6 Å². The maximum Gasteiger partial charge on any atom is 0.229 e. The first-order chi connectivity index (χ1) is 12.9. The Labute approximate surface area is 165 Å². The molecule has 0 unspecified atom stereocenters. The van der Waals surface area contributed by atoms with Crippen LogP contribution in [-0.4, -0.2) is 18.4 Å². The highest BCUT2D eigenvalue weighted by Crippen LogP contribution is 2.31. The van der Waals surface area contributed by atoms with Gasteiger partial charge in [-0.25, -0.2) is 0 Å². The molecule has 0 aromatic heterocycles. The molecule has 1 aliphatic heterocycles. The first-order valence-electron chi connectivity index (χ1n) is 9.37. The Morgan fingerprint density at radius 2 is 2.04 bits per heavy atom. The molecular weight excluding hydrogens is 360 g/mol. The zero-order valence-corrected chi connectivity index (χ0v) is 16.7. The third-order valence-electron chi connectivity index (χ3n) is 5.32. The Morgan fingerprint density at radius 1 is 1.30 bits per heavy atom. The van der Waals surface area contributed by atoms with E-state index in [0.29, 0.717) is 17.5 Å². The summed E-state index contributed by atoms with van der Waals surface area (Å²) in [6, 6.07) is 13.4. The highest BCUT2D eigenvalue weighted by molar-refractivity contribution is 6.31. The number of halogens is 1. The standard InChI is InChI=1S/C22H25ClN2O2/c1-4-14(2)18-7-5-6-8-20(18)24-22(27)16-11-21(26)25(13-16)17-10-9-15(3)19(23)12-17/h5-10,12,14,16H,4,11,13H2,1-3H3,(H,24,27)/t14-,16+/m1/s1. The molecule has 0 radical (unpaired) electrons. The van der Waals surface area contributed by atoms with Crippen molar-refractivity contribution in [2.24, 2.45) is 5.92 Å². The number of carbonyl (C=O) groups excluding carboxylic acids is 2. The Morgan fingerprint density at radius 3 is 2.74 bits per heavy atom. The number of carbonyl (C=O) groups is 2. The van der Waals surface area contributed by atoms with Gasteiger partial charge in [0.1, 0.15) is 0 Å². The van der Waals surface area contributed by atoms with E-state index in [9.17, 15) is 9.59 Å². The van der Waals surface area contributed by atoms with E-state index in [-0.39, 0.29) is 24.2 Å². The third-order valence-corrected chi connectivity index (χ3v) is 5.73. The van der Waals surface area contributed by atoms with Gasteiger partial charge in [-0.15, -0.1) is 0 Å². The number of nitrogens with zero attached hydrogens (tertiary/aromatic N) is 1. The predicted octanol–water partition coefficient (Wildman–Crippen LogP) is 5.15. The molecule has 1 aliphatic rings. The summed E-state index contributed by atoms with van der Waals surface area (Å²) in [5, 5.41) is 3.66. The van der Waals surface area contributed by atoms with Crippen LogP contribution in [0.2, 0.25) is 5.02 Å². The molecule has 0 aliphatic carbocycles. The van der Waals surface area contributed by atoms with E-state index >= 15 is 0 Å². The Hall–Kier alpha value is -2.33. The second-order valence-corrected chi connectivity index (χ2v) is 7.63. The molecule has 142 valence electrons. The number of benzene rings is 2. The number of amides is 2. The lowest BCUT2D eigenvalue weighted by atomic mass is 9.96. The summed E-state index contributed by atoms with van der Waals surface area (Å²) >= 11 is 6.19. The van der Waals surface area contributed by atoms with Gasteiger partial charge in [-0.3, -0.25) is 9.59 Å². The molecule has 2 aromatic carbocycles. The zero-order chi connectivity index (χ0) is 19.6. The molecule has 1 fully saturated rings. The van der Waals surface area contributed by atoms with Gasteiger partial charge in [0.05, 0.1) is 5.92 Å². The van der Waals surface area contributed by atoms with Gasteiger partial charge >= 0.3 is 0 Å². The van der Waals surface area contributed by atoms with Gasteiger partial charge in [-0.1, -0.05) is 49.7 Å². The minimum Gasteiger partial charge on any atom is -0.326 e. The molecule has 2 atom stereocenters. The highest BCUT2D eigenvalue weighted by atomic mass is 35.5. The van der Waals surface area contributed by atoms with E-state index in [2.05, 4.69) is 19.2 Å². The van der Waals surface area contributed by atoms with Gasteiger partial charge in [0, 0.05) is 29.4 Å². The van der Waals surface area contributed by atoms with Gasteiger partial charge < -0.3 is 10.2 Å². The minimum atomic E-state index is -0.373. The van der Waals surface area contributed by atoms with E-state index in [1.54, 1.807) is 11.0 Å². The average Bonchev–Trinajstić information content (AvgIpc) is 3.05. The van der Waals surface area contributed by atoms with Crippen molar-refractivity contribution >= 4 is 34.8 Å². The van der Waals surface area contributed by atoms with Gasteiger partial charge in [0.15, 0.2) is 0 Å². The van der Waals surface area contributed by atoms with Crippen molar-refractivity contribution in [1.29, 1.82) is 0 Å². The van der Waals surface area contributed by atoms with Gasteiger partial charge in [0.25, 0.3) is 0 Å². The number of anilines is 2. The first kappa shape index (κ1) is 19.4. The molecule has 27 heavy (non-hydrogen) atoms. The summed E-state index contributed by atoms with van der Waals surface area (Å²) in [6.07, 6.45) is 1.21. The monoisotopic (exact) mass is 384 g/mol. The van der Waals surface area contributed by atoms with Crippen LogP contribution in [0.1, 0.15) is 43.7 Å². The maximum atomic E-state index is 12.8. The predicted molar refractivity (Wildman–Crippen MR) is 110 cm³/mol. The lowest BCUT2D eigenvalue weighted by molar-refractivity contribution is -0.122. The van der Waals surface area contributed by atoms with Crippen LogP contribution in [0.15, 0.2) is 42.5 Å². The molecule has 2 aromatic rings. The molecule has 2 amide bonds. The van der Waals surface area contributed by atoms with E-state index in [1.807, 2.05) is 43.3 Å². The van der Waals surface area contributed by atoms with Crippen molar-refractivity contribution in [2.75, 3.05) is 16.8 Å². The summed E-state index contributed by atoms with van der Waals surface area (Å²) in [4.78, 5) is 26.9. The second kappa shape index (κ2) is 8.13. The molecule has 0 saturated carbocycles. The lowest BCUT2D eigenvalue weighted by Gasteiger charge is -2.19. The van der Waals surface area contributed by atoms with Crippen molar-refractivity contribution < 1.29 is 9.59 Å². The van der Waals surface area contributed by atoms with Crippen molar-refractivity contribution in [1.82, 2.24) is 0 Å². The molecule has 5 heteroatoms. The number of nitrogens with one attached hydrogen (secondary N) is 1. The van der Waals surface area contributed by atoms with Gasteiger partial charge in [0.2, 0.25) is 11.8 Å². The van der Waals surface area contributed by atoms with Gasteiger partial charge in [-0.05, 0) is 48.6 Å². The summed E-state index contributed by atoms with van der Waals surface area (Å²) in [6.45, 7) is 6.56. The molecule has 4 nitrogen and oxygen atoms in total. The second-order valence-electron chi connectivity index (χ2n) is 7.22. The molecular formula is C22H25ClN2O2. The lowest BCUT2D eigenvalue weighted by Crippen LogP contribution is -2.28. The van der Waals surface area contributed by atoms with Crippen molar-refractivity contribution in [3.8, 4) is 0 Å². The van der Waals surface area contributed by atoms with Crippen LogP contribution >= 0.6 is 11.6 Å². The van der Waals surface area contributed by atoms with Crippen LogP contribution in [0.4, 0.5) is 11.4 Å². The quantitative estimate of drug-likeness (QED) is 0.774. The molecule has 3 rings (SSSR count). The summed E-state index contributed by atoms with van der Waals surface area (Å²) < 4.78 is 0. The van der Waals surface area contributed by atoms with Crippen LogP contribution in [-0.2, 0) is 9.59 Å². The van der Waals surface area contributed by atoms with Crippen LogP contribution in [0.3, 0.4) is 0 Å². The topological polar surface area (TPSA) is 49.4 Å². The largest absolute Gasteiger partial charge is 0.326 e. The van der Waals surface area contributed by atoms with Crippen LogP contribution in [0.5, 0.6) is 0 Å². The Kier molecular flexibility index (Phi) is 5.85. The van der Waals surface area contributed by atoms with E-state index in [0.717, 1.165) is 28.9 Å². The number of aryl methyl sites for hydroxylation is 1. The number of para-hydroxylation sites is 1. The molecule has 0 bridgehead atoms. The Bertz CT molecular complexity index is 865. The SMILES string of the molecule is CC[C@@H](C)c1ccccc1NC(=O)[C@H]1CC(=O)N(c2ccc(C)c(Cl)c2)C1. The number of hydrogen-bond acceptors (Lipinski definition) is 2. The van der Waals surface area contributed by atoms with Crippen molar-refractivity contribution in [2.45, 2.75) is 39.5 Å². The van der Waals surface area contributed by atoms with Crippen LogP contribution in [0.25, 0.3) is 0 Å².